The lowest BCUT2D eigenvalue weighted by molar-refractivity contribution is 0.0792. The Morgan fingerprint density at radius 1 is 1.21 bits per heavy atom. The zero-order chi connectivity index (χ0) is 21.0. The van der Waals surface area contributed by atoms with Crippen LogP contribution in [0.4, 0.5) is 11.4 Å². The van der Waals surface area contributed by atoms with E-state index in [2.05, 4.69) is 20.8 Å². The van der Waals surface area contributed by atoms with Crippen molar-refractivity contribution in [2.45, 2.75) is 34.0 Å². The molecule has 0 fully saturated rings. The maximum Gasteiger partial charge on any atom is 0.175 e. The molecule has 0 bridgehead atoms. The van der Waals surface area contributed by atoms with Gasteiger partial charge in [-0.15, -0.1) is 0 Å². The number of aromatic nitrogens is 4. The van der Waals surface area contributed by atoms with Gasteiger partial charge in [0.2, 0.25) is 0 Å². The van der Waals surface area contributed by atoms with Crippen LogP contribution in [0, 0.1) is 13.8 Å². The Morgan fingerprint density at radius 3 is 2.72 bits per heavy atom. The monoisotopic (exact) mass is 452 g/mol. The molecule has 0 aliphatic carbocycles. The summed E-state index contributed by atoms with van der Waals surface area (Å²) in [6.07, 6.45) is 3.53. The summed E-state index contributed by atoms with van der Waals surface area (Å²) in [6.45, 7) is 7.47. The number of hydrogen-bond donors (Lipinski definition) is 2. The molecule has 0 saturated carbocycles. The highest BCUT2D eigenvalue weighted by molar-refractivity contribution is 7.80. The molecule has 7 nitrogen and oxygen atoms in total. The van der Waals surface area contributed by atoms with Crippen molar-refractivity contribution in [1.82, 2.24) is 19.6 Å². The molecule has 0 aliphatic heterocycles. The highest BCUT2D eigenvalue weighted by Gasteiger charge is 2.14. The number of thiocarbonyl (C=S) groups is 1. The van der Waals surface area contributed by atoms with Crippen LogP contribution in [0.5, 0.6) is 0 Å². The number of aryl methyl sites for hydroxylation is 1. The van der Waals surface area contributed by atoms with Gasteiger partial charge in [0, 0.05) is 6.61 Å². The van der Waals surface area contributed by atoms with Gasteiger partial charge in [-0.1, -0.05) is 29.3 Å². The molecule has 0 aliphatic rings. The zero-order valence-electron chi connectivity index (χ0n) is 16.4. The molecule has 0 spiro atoms. The molecule has 154 valence electrons. The predicted octanol–water partition coefficient (Wildman–Crippen LogP) is 4.85. The van der Waals surface area contributed by atoms with Crippen molar-refractivity contribution in [3.8, 4) is 0 Å². The number of nitrogens with one attached hydrogen (secondary N) is 2. The van der Waals surface area contributed by atoms with Crippen molar-refractivity contribution in [2.24, 2.45) is 0 Å². The van der Waals surface area contributed by atoms with Gasteiger partial charge < -0.3 is 15.4 Å². The van der Waals surface area contributed by atoms with Gasteiger partial charge in [-0.05, 0) is 50.7 Å². The summed E-state index contributed by atoms with van der Waals surface area (Å²) in [5, 5.41) is 16.7. The molecule has 2 N–H and O–H groups in total. The third kappa shape index (κ3) is 5.48. The molecule has 0 radical (unpaired) electrons. The predicted molar refractivity (Wildman–Crippen MR) is 121 cm³/mol. The van der Waals surface area contributed by atoms with Crippen LogP contribution < -0.4 is 10.6 Å². The minimum absolute atomic E-state index is 0.401. The molecular weight excluding hydrogens is 431 g/mol. The van der Waals surface area contributed by atoms with Gasteiger partial charge in [0.05, 0.1) is 51.7 Å². The van der Waals surface area contributed by atoms with Crippen LogP contribution in [0.25, 0.3) is 0 Å². The lowest BCUT2D eigenvalue weighted by Gasteiger charge is -2.10. The van der Waals surface area contributed by atoms with Crippen molar-refractivity contribution in [3.05, 3.63) is 57.6 Å². The molecule has 3 rings (SSSR count). The average Bonchev–Trinajstić information content (AvgIpc) is 3.22. The Hall–Kier alpha value is -2.13. The molecular formula is C19H22Cl2N6OS. The Morgan fingerprint density at radius 2 is 2.00 bits per heavy atom. The molecule has 10 heteroatoms. The maximum absolute atomic E-state index is 6.12. The number of ether oxygens (including phenoxy) is 1. The summed E-state index contributed by atoms with van der Waals surface area (Å²) in [6, 6.07) is 5.57. The van der Waals surface area contributed by atoms with Gasteiger partial charge in [-0.2, -0.15) is 10.2 Å². The fourth-order valence-electron chi connectivity index (χ4n) is 2.80. The second-order valence-electron chi connectivity index (χ2n) is 6.42. The van der Waals surface area contributed by atoms with Crippen LogP contribution in [0.2, 0.25) is 10.0 Å². The first-order valence-corrected chi connectivity index (χ1v) is 10.2. The third-order valence-corrected chi connectivity index (χ3v) is 5.20. The second kappa shape index (κ2) is 9.58. The van der Waals surface area contributed by atoms with Crippen LogP contribution in [-0.2, 0) is 18.0 Å². The van der Waals surface area contributed by atoms with Gasteiger partial charge in [-0.3, -0.25) is 4.68 Å². The Kier molecular flexibility index (Phi) is 7.13. The number of anilines is 2. The first-order valence-electron chi connectivity index (χ1n) is 9.03. The molecule has 0 amide bonds. The van der Waals surface area contributed by atoms with E-state index in [1.54, 1.807) is 16.9 Å². The molecule has 29 heavy (non-hydrogen) atoms. The van der Waals surface area contributed by atoms with E-state index in [9.17, 15) is 0 Å². The first-order chi connectivity index (χ1) is 13.9. The molecule has 2 heterocycles. The topological polar surface area (TPSA) is 68.9 Å². The van der Waals surface area contributed by atoms with E-state index in [1.807, 2.05) is 43.8 Å². The second-order valence-corrected chi connectivity index (χ2v) is 7.64. The van der Waals surface area contributed by atoms with E-state index in [4.69, 9.17) is 40.2 Å². The molecule has 1 aromatic carbocycles. The molecule has 0 atom stereocenters. The summed E-state index contributed by atoms with van der Waals surface area (Å²) in [5.74, 6) is 0. The van der Waals surface area contributed by atoms with E-state index in [0.29, 0.717) is 35.0 Å². The minimum atomic E-state index is 0.401. The van der Waals surface area contributed by atoms with E-state index in [-0.39, 0.29) is 0 Å². The highest BCUT2D eigenvalue weighted by atomic mass is 35.5. The summed E-state index contributed by atoms with van der Waals surface area (Å²) in [5.41, 5.74) is 4.47. The van der Waals surface area contributed by atoms with Gasteiger partial charge >= 0.3 is 0 Å². The van der Waals surface area contributed by atoms with Gasteiger partial charge in [-0.25, -0.2) is 4.68 Å². The fourth-order valence-corrected chi connectivity index (χ4v) is 3.34. The molecule has 3 aromatic rings. The van der Waals surface area contributed by atoms with Crippen molar-refractivity contribution in [1.29, 1.82) is 0 Å². The Balaban J connectivity index is 1.67. The van der Waals surface area contributed by atoms with Crippen molar-refractivity contribution >= 4 is 51.9 Å². The number of benzene rings is 1. The van der Waals surface area contributed by atoms with Crippen LogP contribution in [0.1, 0.15) is 23.9 Å². The highest BCUT2D eigenvalue weighted by Crippen LogP contribution is 2.25. The summed E-state index contributed by atoms with van der Waals surface area (Å²) in [4.78, 5) is 0. The van der Waals surface area contributed by atoms with Gasteiger partial charge in [0.25, 0.3) is 0 Å². The molecule has 2 aromatic heterocycles. The van der Waals surface area contributed by atoms with Crippen LogP contribution in [0.3, 0.4) is 0 Å². The smallest absolute Gasteiger partial charge is 0.175 e. The number of halogens is 2. The average molecular weight is 453 g/mol. The first kappa shape index (κ1) is 21.6. The number of hydrogen-bond acceptors (Lipinski definition) is 4. The van der Waals surface area contributed by atoms with Gasteiger partial charge in [0.1, 0.15) is 6.73 Å². The van der Waals surface area contributed by atoms with Crippen LogP contribution in [-0.4, -0.2) is 31.3 Å². The van der Waals surface area contributed by atoms with E-state index < -0.39 is 0 Å². The minimum Gasteiger partial charge on any atom is -0.360 e. The van der Waals surface area contributed by atoms with E-state index in [0.717, 1.165) is 28.3 Å². The maximum atomic E-state index is 6.12. The van der Waals surface area contributed by atoms with Crippen molar-refractivity contribution in [3.63, 3.8) is 0 Å². The standard InChI is InChI=1S/C19H22Cl2N6OS/c1-4-28-11-26-10-15(8-22-26)23-19(29)24-18-12(2)25-27(13(18)3)9-14-5-6-16(20)17(21)7-14/h5-8,10H,4,9,11H2,1-3H3,(H2,23,24,29). The lowest BCUT2D eigenvalue weighted by Crippen LogP contribution is -2.19. The molecule has 0 saturated heterocycles. The van der Waals surface area contributed by atoms with Crippen LogP contribution in [0.15, 0.2) is 30.6 Å². The van der Waals surface area contributed by atoms with Crippen LogP contribution >= 0.6 is 35.4 Å². The Bertz CT molecular complexity index is 1020. The summed E-state index contributed by atoms with van der Waals surface area (Å²) in [7, 11) is 0. The van der Waals surface area contributed by atoms with Gasteiger partial charge in [0.15, 0.2) is 5.11 Å². The zero-order valence-corrected chi connectivity index (χ0v) is 18.7. The lowest BCUT2D eigenvalue weighted by atomic mass is 10.2. The summed E-state index contributed by atoms with van der Waals surface area (Å²) < 4.78 is 8.93. The van der Waals surface area contributed by atoms with Crippen molar-refractivity contribution < 1.29 is 4.74 Å². The van der Waals surface area contributed by atoms with Crippen molar-refractivity contribution in [2.75, 3.05) is 17.2 Å². The quantitative estimate of drug-likeness (QED) is 0.499. The molecule has 0 unspecified atom stereocenters. The number of rotatable bonds is 7. The Labute approximate surface area is 184 Å². The van der Waals surface area contributed by atoms with E-state index >= 15 is 0 Å². The number of nitrogens with zero attached hydrogens (tertiary/aromatic N) is 4. The van der Waals surface area contributed by atoms with E-state index in [1.165, 1.54) is 0 Å². The third-order valence-electron chi connectivity index (χ3n) is 4.26. The largest absolute Gasteiger partial charge is 0.360 e. The summed E-state index contributed by atoms with van der Waals surface area (Å²) >= 11 is 17.6. The fraction of sp³-hybridized carbons (Fsp3) is 0.316. The normalized spacial score (nSPS) is 10.9. The SMILES string of the molecule is CCOCn1cc(NC(=S)Nc2c(C)nn(Cc3ccc(Cl)c(Cl)c3)c2C)cn1.